The van der Waals surface area contributed by atoms with Crippen LogP contribution in [0, 0.1) is 27.7 Å². The number of nitrogens with one attached hydrogen (secondary N) is 2. The van der Waals surface area contributed by atoms with E-state index in [9.17, 15) is 9.59 Å². The number of rotatable bonds is 8. The Labute approximate surface area is 253 Å². The molecule has 6 nitrogen and oxygen atoms in total. The molecule has 2 N–H and O–H groups in total. The van der Waals surface area contributed by atoms with Gasteiger partial charge in [0.2, 0.25) is 11.8 Å². The van der Waals surface area contributed by atoms with Crippen molar-refractivity contribution in [3.8, 4) is 0 Å². The van der Waals surface area contributed by atoms with Gasteiger partial charge < -0.3 is 10.6 Å². The van der Waals surface area contributed by atoms with Gasteiger partial charge in [0.05, 0.1) is 13.1 Å². The summed E-state index contributed by atoms with van der Waals surface area (Å²) in [6.45, 7) is 13.6. The molecule has 0 bridgehead atoms. The van der Waals surface area contributed by atoms with Crippen molar-refractivity contribution in [3.63, 3.8) is 0 Å². The molecule has 1 saturated carbocycles. The first-order valence-corrected chi connectivity index (χ1v) is 16.5. The van der Waals surface area contributed by atoms with E-state index in [2.05, 4.69) is 72.4 Å². The number of hydrogen-bond acceptors (Lipinski definition) is 4. The molecule has 0 spiro atoms. The quantitative estimate of drug-likeness (QED) is 0.357. The second-order valence-electron chi connectivity index (χ2n) is 13.4. The van der Waals surface area contributed by atoms with Crippen molar-refractivity contribution in [3.05, 3.63) is 57.6 Å². The fraction of sp³-hybridized carbons (Fsp3) is 0.611. The summed E-state index contributed by atoms with van der Waals surface area (Å²) in [7, 11) is 0. The zero-order valence-electron chi connectivity index (χ0n) is 26.5. The predicted molar refractivity (Wildman–Crippen MR) is 174 cm³/mol. The van der Waals surface area contributed by atoms with Crippen molar-refractivity contribution < 1.29 is 9.59 Å². The van der Waals surface area contributed by atoms with Gasteiger partial charge in [-0.1, -0.05) is 56.4 Å². The number of hydrogen-bond donors (Lipinski definition) is 2. The number of carbonyl (C=O) groups is 2. The van der Waals surface area contributed by atoms with Crippen molar-refractivity contribution in [2.24, 2.45) is 0 Å². The normalized spacial score (nSPS) is 19.8. The molecular weight excluding hydrogens is 520 g/mol. The third-order valence-corrected chi connectivity index (χ3v) is 10.0. The molecule has 2 saturated heterocycles. The van der Waals surface area contributed by atoms with Gasteiger partial charge in [0.1, 0.15) is 0 Å². The summed E-state index contributed by atoms with van der Waals surface area (Å²) >= 11 is 0. The number of aryl methyl sites for hydroxylation is 4. The molecule has 6 heteroatoms. The standard InChI is InChI=1S/C36H52N4O2/c1-26-20-30(21-27(2)34(26)37-32(41)24-39-16-10-6-11-17-39)36(14-8-5-9-15-36)31-22-28(3)35(29(4)23-31)38-33(42)25-40-18-12-7-13-19-40/h20-23H,5-19,24-25H2,1-4H3,(H,37,41)(H,38,42). The van der Waals surface area contributed by atoms with Crippen LogP contribution in [0.4, 0.5) is 11.4 Å². The number of piperidine rings is 2. The van der Waals surface area contributed by atoms with Crippen molar-refractivity contribution >= 4 is 23.2 Å². The molecule has 2 aromatic carbocycles. The van der Waals surface area contributed by atoms with E-state index >= 15 is 0 Å². The number of carbonyl (C=O) groups excluding carboxylic acids is 2. The average molecular weight is 573 g/mol. The summed E-state index contributed by atoms with van der Waals surface area (Å²) in [4.78, 5) is 30.5. The van der Waals surface area contributed by atoms with Crippen LogP contribution in [0.1, 0.15) is 104 Å². The van der Waals surface area contributed by atoms with Gasteiger partial charge in [-0.15, -0.1) is 0 Å². The zero-order chi connectivity index (χ0) is 29.7. The van der Waals surface area contributed by atoms with Crippen LogP contribution in [-0.2, 0) is 15.0 Å². The first-order valence-electron chi connectivity index (χ1n) is 16.5. The van der Waals surface area contributed by atoms with Crippen LogP contribution < -0.4 is 10.6 Å². The summed E-state index contributed by atoms with van der Waals surface area (Å²) in [5.41, 5.74) is 9.12. The lowest BCUT2D eigenvalue weighted by Gasteiger charge is -2.40. The lowest BCUT2D eigenvalue weighted by atomic mass is 9.64. The Morgan fingerprint density at radius 2 is 0.905 bits per heavy atom. The molecule has 0 unspecified atom stereocenters. The predicted octanol–water partition coefficient (Wildman–Crippen LogP) is 7.02. The Kier molecular flexibility index (Phi) is 10.1. The van der Waals surface area contributed by atoms with E-state index in [1.807, 2.05) is 0 Å². The maximum absolute atomic E-state index is 13.0. The topological polar surface area (TPSA) is 64.7 Å². The molecule has 2 heterocycles. The first kappa shape index (κ1) is 30.7. The molecule has 5 rings (SSSR count). The smallest absolute Gasteiger partial charge is 0.238 e. The van der Waals surface area contributed by atoms with Crippen LogP contribution in [-0.4, -0.2) is 60.9 Å². The monoisotopic (exact) mass is 572 g/mol. The van der Waals surface area contributed by atoms with E-state index < -0.39 is 0 Å². The van der Waals surface area contributed by atoms with E-state index in [1.54, 1.807) is 0 Å². The van der Waals surface area contributed by atoms with Gasteiger partial charge in [0.15, 0.2) is 0 Å². The number of nitrogens with zero attached hydrogens (tertiary/aromatic N) is 2. The van der Waals surface area contributed by atoms with E-state index in [0.717, 1.165) is 72.6 Å². The Morgan fingerprint density at radius 1 is 0.571 bits per heavy atom. The molecule has 2 amide bonds. The second-order valence-corrected chi connectivity index (χ2v) is 13.4. The minimum Gasteiger partial charge on any atom is -0.324 e. The summed E-state index contributed by atoms with van der Waals surface area (Å²) in [5, 5.41) is 6.51. The van der Waals surface area contributed by atoms with Crippen LogP contribution in [0.25, 0.3) is 0 Å². The van der Waals surface area contributed by atoms with Gasteiger partial charge in [0.25, 0.3) is 0 Å². The number of amides is 2. The van der Waals surface area contributed by atoms with Crippen molar-refractivity contribution in [2.45, 2.75) is 104 Å². The third-order valence-electron chi connectivity index (χ3n) is 10.0. The highest BCUT2D eigenvalue weighted by molar-refractivity contribution is 5.94. The highest BCUT2D eigenvalue weighted by Gasteiger charge is 2.37. The fourth-order valence-corrected chi connectivity index (χ4v) is 7.77. The van der Waals surface area contributed by atoms with E-state index in [4.69, 9.17) is 0 Å². The van der Waals surface area contributed by atoms with Gasteiger partial charge in [-0.05, 0) is 126 Å². The zero-order valence-corrected chi connectivity index (χ0v) is 26.5. The van der Waals surface area contributed by atoms with Crippen molar-refractivity contribution in [1.82, 2.24) is 9.80 Å². The van der Waals surface area contributed by atoms with Crippen molar-refractivity contribution in [1.29, 1.82) is 0 Å². The van der Waals surface area contributed by atoms with E-state index in [0.29, 0.717) is 13.1 Å². The Bertz CT molecular complexity index is 1130. The van der Waals surface area contributed by atoms with Gasteiger partial charge in [-0.3, -0.25) is 19.4 Å². The van der Waals surface area contributed by atoms with Gasteiger partial charge in [0, 0.05) is 16.8 Å². The number of likely N-dealkylation sites (tertiary alicyclic amines) is 2. The molecule has 3 fully saturated rings. The summed E-state index contributed by atoms with van der Waals surface area (Å²) in [6.07, 6.45) is 13.2. The maximum atomic E-state index is 13.0. The highest BCUT2D eigenvalue weighted by Crippen LogP contribution is 2.47. The first-order chi connectivity index (χ1) is 20.2. The van der Waals surface area contributed by atoms with Gasteiger partial charge in [-0.2, -0.15) is 0 Å². The molecule has 3 aliphatic rings. The Balaban J connectivity index is 1.37. The maximum Gasteiger partial charge on any atom is 0.238 e. The number of anilines is 2. The Morgan fingerprint density at radius 3 is 1.26 bits per heavy atom. The molecule has 42 heavy (non-hydrogen) atoms. The largest absolute Gasteiger partial charge is 0.324 e. The molecule has 0 radical (unpaired) electrons. The highest BCUT2D eigenvalue weighted by atomic mass is 16.2. The summed E-state index contributed by atoms with van der Waals surface area (Å²) < 4.78 is 0. The second kappa shape index (κ2) is 13.7. The molecule has 2 aliphatic heterocycles. The third kappa shape index (κ3) is 7.08. The Hall–Kier alpha value is -2.70. The van der Waals surface area contributed by atoms with Crippen LogP contribution in [0.3, 0.4) is 0 Å². The van der Waals surface area contributed by atoms with Crippen LogP contribution in [0.15, 0.2) is 24.3 Å². The minimum absolute atomic E-state index is 0.0596. The fourth-order valence-electron chi connectivity index (χ4n) is 7.77. The van der Waals surface area contributed by atoms with E-state index in [1.165, 1.54) is 68.9 Å². The molecular formula is C36H52N4O2. The lowest BCUT2D eigenvalue weighted by Crippen LogP contribution is -2.37. The average Bonchev–Trinajstić information content (AvgIpc) is 2.98. The molecule has 228 valence electrons. The summed E-state index contributed by atoms with van der Waals surface area (Å²) in [6, 6.07) is 9.31. The molecule has 0 aromatic heterocycles. The van der Waals surface area contributed by atoms with Gasteiger partial charge in [-0.25, -0.2) is 0 Å². The molecule has 0 atom stereocenters. The van der Waals surface area contributed by atoms with Crippen LogP contribution >= 0.6 is 0 Å². The van der Waals surface area contributed by atoms with Crippen LogP contribution in [0.2, 0.25) is 0 Å². The molecule has 2 aromatic rings. The lowest BCUT2D eigenvalue weighted by molar-refractivity contribution is -0.118. The van der Waals surface area contributed by atoms with Crippen molar-refractivity contribution in [2.75, 3.05) is 49.9 Å². The SMILES string of the molecule is Cc1cc(C2(c3cc(C)c(NC(=O)CN4CCCCC4)c(C)c3)CCCCC2)cc(C)c1NC(=O)CN1CCCCC1. The van der Waals surface area contributed by atoms with Crippen LogP contribution in [0.5, 0.6) is 0 Å². The van der Waals surface area contributed by atoms with E-state index in [-0.39, 0.29) is 17.2 Å². The summed E-state index contributed by atoms with van der Waals surface area (Å²) in [5.74, 6) is 0.180. The van der Waals surface area contributed by atoms with Gasteiger partial charge >= 0.3 is 0 Å². The minimum atomic E-state index is -0.0596. The molecule has 1 aliphatic carbocycles. The number of benzene rings is 2.